The van der Waals surface area contributed by atoms with E-state index < -0.39 is 6.10 Å². The Balaban J connectivity index is 2.15. The molecule has 0 aliphatic carbocycles. The lowest BCUT2D eigenvalue weighted by molar-refractivity contribution is -0.133. The van der Waals surface area contributed by atoms with Crippen molar-refractivity contribution in [3.63, 3.8) is 0 Å². The fraction of sp³-hybridized carbons (Fsp3) is 0.500. The largest absolute Gasteiger partial charge is 0.497 e. The molecule has 1 fully saturated rings. The first kappa shape index (κ1) is 12.8. The van der Waals surface area contributed by atoms with Crippen molar-refractivity contribution in [3.05, 3.63) is 28.2 Å². The van der Waals surface area contributed by atoms with Crippen molar-refractivity contribution < 1.29 is 19.3 Å². The first-order valence-corrected chi connectivity index (χ1v) is 6.22. The van der Waals surface area contributed by atoms with Crippen LogP contribution < -0.4 is 4.74 Å². The highest BCUT2D eigenvalue weighted by Gasteiger charge is 2.26. The number of hydrogen-bond acceptors (Lipinski definition) is 4. The quantitative estimate of drug-likeness (QED) is 0.926. The summed E-state index contributed by atoms with van der Waals surface area (Å²) in [6.45, 7) is 1.53. The summed E-state index contributed by atoms with van der Waals surface area (Å²) in [5.41, 5.74) is 0.779. The third-order valence-electron chi connectivity index (χ3n) is 2.72. The third kappa shape index (κ3) is 2.98. The summed E-state index contributed by atoms with van der Waals surface area (Å²) in [6.07, 6.45) is -1.01. The van der Waals surface area contributed by atoms with Crippen molar-refractivity contribution in [1.82, 2.24) is 0 Å². The molecule has 1 aliphatic rings. The Bertz CT molecular complexity index is 377. The van der Waals surface area contributed by atoms with Crippen LogP contribution in [-0.4, -0.2) is 38.1 Å². The van der Waals surface area contributed by atoms with Gasteiger partial charge >= 0.3 is 0 Å². The molecule has 5 heteroatoms. The second kappa shape index (κ2) is 5.82. The molecular formula is C12H15BrO4. The maximum absolute atomic E-state index is 10.2. The Labute approximate surface area is 109 Å². The second-order valence-electron chi connectivity index (χ2n) is 3.82. The third-order valence-corrected chi connectivity index (χ3v) is 3.41. The van der Waals surface area contributed by atoms with Crippen LogP contribution in [0.15, 0.2) is 22.7 Å². The molecule has 1 aromatic rings. The molecule has 0 bridgehead atoms. The summed E-state index contributed by atoms with van der Waals surface area (Å²) < 4.78 is 16.7. The number of methoxy groups -OCH3 is 1. The molecule has 0 amide bonds. The lowest BCUT2D eigenvalue weighted by Gasteiger charge is -2.28. The van der Waals surface area contributed by atoms with Crippen LogP contribution in [0.4, 0.5) is 0 Å². The molecule has 1 aliphatic heterocycles. The van der Waals surface area contributed by atoms with Crippen molar-refractivity contribution in [2.24, 2.45) is 0 Å². The van der Waals surface area contributed by atoms with E-state index in [0.29, 0.717) is 19.8 Å². The Morgan fingerprint density at radius 1 is 1.47 bits per heavy atom. The van der Waals surface area contributed by atoms with E-state index in [1.54, 1.807) is 7.11 Å². The summed E-state index contributed by atoms with van der Waals surface area (Å²) in [5, 5.41) is 10.2. The van der Waals surface area contributed by atoms with E-state index in [9.17, 15) is 5.11 Å². The summed E-state index contributed by atoms with van der Waals surface area (Å²) in [4.78, 5) is 0. The van der Waals surface area contributed by atoms with E-state index in [2.05, 4.69) is 15.9 Å². The molecule has 1 N–H and O–H groups in total. The van der Waals surface area contributed by atoms with Gasteiger partial charge in [0.1, 0.15) is 18.0 Å². The standard InChI is InChI=1S/C12H15BrO4/c1-15-8-2-3-9(10(13)6-8)12(14)11-7-16-4-5-17-11/h2-3,6,11-12,14H,4-5,7H2,1H3. The summed E-state index contributed by atoms with van der Waals surface area (Å²) >= 11 is 3.42. The molecule has 1 aromatic carbocycles. The highest BCUT2D eigenvalue weighted by atomic mass is 79.9. The molecule has 0 spiro atoms. The summed E-state index contributed by atoms with van der Waals surface area (Å²) in [7, 11) is 1.61. The topological polar surface area (TPSA) is 47.9 Å². The molecule has 2 atom stereocenters. The highest BCUT2D eigenvalue weighted by molar-refractivity contribution is 9.10. The Morgan fingerprint density at radius 3 is 2.88 bits per heavy atom. The van der Waals surface area contributed by atoms with E-state index in [0.717, 1.165) is 15.8 Å². The predicted octanol–water partition coefficient (Wildman–Crippen LogP) is 1.91. The van der Waals surface area contributed by atoms with E-state index in [4.69, 9.17) is 14.2 Å². The van der Waals surface area contributed by atoms with Gasteiger partial charge in [-0.2, -0.15) is 0 Å². The smallest absolute Gasteiger partial charge is 0.120 e. The maximum Gasteiger partial charge on any atom is 0.120 e. The van der Waals surface area contributed by atoms with E-state index >= 15 is 0 Å². The predicted molar refractivity (Wildman–Crippen MR) is 66.2 cm³/mol. The number of rotatable bonds is 3. The average molecular weight is 303 g/mol. The van der Waals surface area contributed by atoms with Gasteiger partial charge in [-0.05, 0) is 17.7 Å². The van der Waals surface area contributed by atoms with Gasteiger partial charge in [-0.1, -0.05) is 22.0 Å². The van der Waals surface area contributed by atoms with Crippen LogP contribution in [0.25, 0.3) is 0 Å². The van der Waals surface area contributed by atoms with Crippen LogP contribution in [0.2, 0.25) is 0 Å². The molecule has 2 unspecified atom stereocenters. The summed E-state index contributed by atoms with van der Waals surface area (Å²) in [6, 6.07) is 5.46. The van der Waals surface area contributed by atoms with Crippen molar-refractivity contribution in [2.75, 3.05) is 26.9 Å². The minimum absolute atomic E-state index is 0.312. The Morgan fingerprint density at radius 2 is 2.29 bits per heavy atom. The zero-order valence-corrected chi connectivity index (χ0v) is 11.1. The van der Waals surface area contributed by atoms with Crippen molar-refractivity contribution in [1.29, 1.82) is 0 Å². The zero-order chi connectivity index (χ0) is 12.3. The van der Waals surface area contributed by atoms with Gasteiger partial charge in [0.15, 0.2) is 0 Å². The molecule has 4 nitrogen and oxygen atoms in total. The molecule has 0 saturated carbocycles. The number of halogens is 1. The molecule has 0 aromatic heterocycles. The number of aliphatic hydroxyl groups is 1. The van der Waals surface area contributed by atoms with Gasteiger partial charge in [0.05, 0.1) is 26.9 Å². The van der Waals surface area contributed by atoms with Crippen LogP contribution in [0.3, 0.4) is 0 Å². The van der Waals surface area contributed by atoms with Crippen LogP contribution in [0, 0.1) is 0 Å². The van der Waals surface area contributed by atoms with Crippen LogP contribution >= 0.6 is 15.9 Å². The molecule has 17 heavy (non-hydrogen) atoms. The monoisotopic (exact) mass is 302 g/mol. The van der Waals surface area contributed by atoms with E-state index in [1.165, 1.54) is 0 Å². The van der Waals surface area contributed by atoms with Gasteiger partial charge in [0, 0.05) is 4.47 Å². The molecular weight excluding hydrogens is 288 g/mol. The summed E-state index contributed by atoms with van der Waals surface area (Å²) in [5.74, 6) is 0.744. The molecule has 1 heterocycles. The first-order valence-electron chi connectivity index (χ1n) is 5.43. The van der Waals surface area contributed by atoms with Gasteiger partial charge in [-0.15, -0.1) is 0 Å². The lowest BCUT2D eigenvalue weighted by atomic mass is 10.0. The van der Waals surface area contributed by atoms with Gasteiger partial charge in [0.25, 0.3) is 0 Å². The minimum Gasteiger partial charge on any atom is -0.497 e. The fourth-order valence-electron chi connectivity index (χ4n) is 1.76. The number of benzene rings is 1. The Kier molecular flexibility index (Phi) is 4.39. The number of ether oxygens (including phenoxy) is 3. The van der Waals surface area contributed by atoms with Gasteiger partial charge in [-0.25, -0.2) is 0 Å². The van der Waals surface area contributed by atoms with E-state index in [-0.39, 0.29) is 6.10 Å². The molecule has 0 radical (unpaired) electrons. The number of aliphatic hydroxyl groups excluding tert-OH is 1. The van der Waals surface area contributed by atoms with Crippen molar-refractivity contribution in [3.8, 4) is 5.75 Å². The van der Waals surface area contributed by atoms with Crippen molar-refractivity contribution in [2.45, 2.75) is 12.2 Å². The Hall–Kier alpha value is -0.620. The maximum atomic E-state index is 10.2. The van der Waals surface area contributed by atoms with Gasteiger partial charge in [-0.3, -0.25) is 0 Å². The normalized spacial score (nSPS) is 22.2. The van der Waals surface area contributed by atoms with Crippen LogP contribution in [-0.2, 0) is 9.47 Å². The SMILES string of the molecule is COc1ccc(C(O)C2COCCO2)c(Br)c1. The van der Waals surface area contributed by atoms with E-state index in [1.807, 2.05) is 18.2 Å². The van der Waals surface area contributed by atoms with Crippen LogP contribution in [0.5, 0.6) is 5.75 Å². The average Bonchev–Trinajstić information content (AvgIpc) is 2.39. The fourth-order valence-corrected chi connectivity index (χ4v) is 2.36. The minimum atomic E-state index is -0.699. The first-order chi connectivity index (χ1) is 8.22. The van der Waals surface area contributed by atoms with Crippen molar-refractivity contribution >= 4 is 15.9 Å². The lowest BCUT2D eigenvalue weighted by Crippen LogP contribution is -2.33. The molecule has 1 saturated heterocycles. The van der Waals surface area contributed by atoms with Gasteiger partial charge < -0.3 is 19.3 Å². The highest BCUT2D eigenvalue weighted by Crippen LogP contribution is 2.30. The zero-order valence-electron chi connectivity index (χ0n) is 9.56. The molecule has 94 valence electrons. The van der Waals surface area contributed by atoms with Crippen LogP contribution in [0.1, 0.15) is 11.7 Å². The number of hydrogen-bond donors (Lipinski definition) is 1. The molecule has 2 rings (SSSR count). The second-order valence-corrected chi connectivity index (χ2v) is 4.67. The van der Waals surface area contributed by atoms with Gasteiger partial charge in [0.2, 0.25) is 0 Å².